The second kappa shape index (κ2) is 6.55. The molecule has 1 N–H and O–H groups in total. The zero-order valence-corrected chi connectivity index (χ0v) is 13.3. The molecule has 0 saturated carbocycles. The fourth-order valence-corrected chi connectivity index (χ4v) is 2.98. The first-order valence-corrected chi connectivity index (χ1v) is 8.41. The zero-order chi connectivity index (χ0) is 15.5. The van der Waals surface area contributed by atoms with Crippen LogP contribution in [0.5, 0.6) is 0 Å². The van der Waals surface area contributed by atoms with Gasteiger partial charge in [0.05, 0.1) is 4.90 Å². The first kappa shape index (κ1) is 15.9. The number of rotatable bonds is 6. The number of hydrogen-bond donors (Lipinski definition) is 1. The molecule has 0 aliphatic heterocycles. The lowest BCUT2D eigenvalue weighted by Crippen LogP contribution is -2.24. The van der Waals surface area contributed by atoms with E-state index < -0.39 is 9.84 Å². The van der Waals surface area contributed by atoms with Gasteiger partial charge < -0.3 is 9.84 Å². The Hall–Kier alpha value is -1.44. The van der Waals surface area contributed by atoms with Gasteiger partial charge in [-0.05, 0) is 38.2 Å². The summed E-state index contributed by atoms with van der Waals surface area (Å²) in [6, 6.07) is 6.16. The average molecular weight is 330 g/mol. The summed E-state index contributed by atoms with van der Waals surface area (Å²) >= 11 is 5.75. The highest BCUT2D eigenvalue weighted by Crippen LogP contribution is 2.18. The van der Waals surface area contributed by atoms with Crippen molar-refractivity contribution in [1.82, 2.24) is 15.5 Å². The average Bonchev–Trinajstić information content (AvgIpc) is 2.85. The Labute approximate surface area is 128 Å². The number of sulfone groups is 1. The van der Waals surface area contributed by atoms with Gasteiger partial charge in [0.25, 0.3) is 0 Å². The van der Waals surface area contributed by atoms with Crippen molar-refractivity contribution in [2.75, 3.05) is 7.05 Å². The Morgan fingerprint density at radius 2 is 2.00 bits per heavy atom. The van der Waals surface area contributed by atoms with E-state index in [0.29, 0.717) is 17.3 Å². The van der Waals surface area contributed by atoms with Crippen molar-refractivity contribution in [2.24, 2.45) is 0 Å². The fourth-order valence-electron chi connectivity index (χ4n) is 1.70. The summed E-state index contributed by atoms with van der Waals surface area (Å²) in [6.07, 6.45) is 0.570. The van der Waals surface area contributed by atoms with E-state index in [9.17, 15) is 8.42 Å². The molecular weight excluding hydrogens is 314 g/mol. The summed E-state index contributed by atoms with van der Waals surface area (Å²) in [5.41, 5.74) is 0. The molecule has 0 fully saturated rings. The molecule has 1 unspecified atom stereocenters. The van der Waals surface area contributed by atoms with Gasteiger partial charge in [0.15, 0.2) is 15.7 Å². The molecule has 1 heterocycles. The largest absolute Gasteiger partial charge is 0.338 e. The number of nitrogens with zero attached hydrogens (tertiary/aromatic N) is 2. The summed E-state index contributed by atoms with van der Waals surface area (Å²) in [4.78, 5) is 4.28. The molecule has 0 bridgehead atoms. The third-order valence-electron chi connectivity index (χ3n) is 2.98. The summed E-state index contributed by atoms with van der Waals surface area (Å²) in [6.45, 7) is 1.97. The van der Waals surface area contributed by atoms with Gasteiger partial charge in [-0.1, -0.05) is 16.8 Å². The van der Waals surface area contributed by atoms with Crippen LogP contribution in [0, 0.1) is 0 Å². The Balaban J connectivity index is 2.12. The molecule has 0 radical (unpaired) electrons. The third-order valence-corrected chi connectivity index (χ3v) is 4.85. The number of nitrogens with one attached hydrogen (secondary N) is 1. The quantitative estimate of drug-likeness (QED) is 0.870. The van der Waals surface area contributed by atoms with E-state index in [2.05, 4.69) is 15.5 Å². The van der Waals surface area contributed by atoms with Crippen molar-refractivity contribution >= 4 is 21.4 Å². The van der Waals surface area contributed by atoms with Crippen molar-refractivity contribution in [3.05, 3.63) is 41.0 Å². The Morgan fingerprint density at radius 1 is 1.33 bits per heavy atom. The number of aromatic nitrogens is 2. The highest BCUT2D eigenvalue weighted by molar-refractivity contribution is 7.90. The molecule has 0 aliphatic carbocycles. The van der Waals surface area contributed by atoms with Crippen LogP contribution in [0.1, 0.15) is 18.6 Å². The van der Waals surface area contributed by atoms with Gasteiger partial charge in [-0.3, -0.25) is 0 Å². The highest BCUT2D eigenvalue weighted by Gasteiger charge is 2.20. The van der Waals surface area contributed by atoms with E-state index >= 15 is 0 Å². The normalized spacial score (nSPS) is 13.3. The monoisotopic (exact) mass is 329 g/mol. The van der Waals surface area contributed by atoms with Crippen LogP contribution in [0.2, 0.25) is 5.02 Å². The predicted octanol–water partition coefficient (Wildman–Crippen LogP) is 1.85. The SMILES string of the molecule is CNC(C)Cc1noc(CS(=O)(=O)c2ccc(Cl)cc2)n1. The lowest BCUT2D eigenvalue weighted by atomic mass is 10.2. The topological polar surface area (TPSA) is 85.1 Å². The number of likely N-dealkylation sites (N-methyl/N-ethyl adjacent to an activating group) is 1. The molecule has 8 heteroatoms. The van der Waals surface area contributed by atoms with Crippen molar-refractivity contribution in [3.63, 3.8) is 0 Å². The van der Waals surface area contributed by atoms with Gasteiger partial charge in [-0.15, -0.1) is 0 Å². The van der Waals surface area contributed by atoms with Crippen molar-refractivity contribution in [1.29, 1.82) is 0 Å². The van der Waals surface area contributed by atoms with E-state index in [-0.39, 0.29) is 22.6 Å². The molecule has 0 saturated heterocycles. The summed E-state index contributed by atoms with van der Waals surface area (Å²) in [5, 5.41) is 7.32. The fraction of sp³-hybridized carbons (Fsp3) is 0.385. The van der Waals surface area contributed by atoms with Gasteiger partial charge in [-0.25, -0.2) is 8.42 Å². The van der Waals surface area contributed by atoms with Crippen molar-refractivity contribution in [3.8, 4) is 0 Å². The van der Waals surface area contributed by atoms with E-state index in [4.69, 9.17) is 16.1 Å². The first-order valence-electron chi connectivity index (χ1n) is 6.38. The van der Waals surface area contributed by atoms with E-state index in [1.807, 2.05) is 14.0 Å². The van der Waals surface area contributed by atoms with E-state index in [1.165, 1.54) is 24.3 Å². The van der Waals surface area contributed by atoms with E-state index in [0.717, 1.165) is 0 Å². The van der Waals surface area contributed by atoms with Crippen LogP contribution in [0.15, 0.2) is 33.7 Å². The summed E-state index contributed by atoms with van der Waals surface area (Å²) < 4.78 is 29.4. The molecule has 6 nitrogen and oxygen atoms in total. The molecule has 21 heavy (non-hydrogen) atoms. The number of benzene rings is 1. The maximum atomic E-state index is 12.2. The second-order valence-corrected chi connectivity index (χ2v) is 7.14. The zero-order valence-electron chi connectivity index (χ0n) is 11.7. The molecule has 114 valence electrons. The Bertz CT molecular complexity index is 698. The Morgan fingerprint density at radius 3 is 2.62 bits per heavy atom. The van der Waals surface area contributed by atoms with Crippen molar-refractivity contribution < 1.29 is 12.9 Å². The van der Waals surface area contributed by atoms with Crippen LogP contribution in [-0.4, -0.2) is 31.6 Å². The predicted molar refractivity (Wildman–Crippen MR) is 78.9 cm³/mol. The van der Waals surface area contributed by atoms with Crippen LogP contribution in [0.4, 0.5) is 0 Å². The van der Waals surface area contributed by atoms with Gasteiger partial charge in [0, 0.05) is 17.5 Å². The summed E-state index contributed by atoms with van der Waals surface area (Å²) in [7, 11) is -1.69. The van der Waals surface area contributed by atoms with Crippen molar-refractivity contribution in [2.45, 2.75) is 30.0 Å². The molecule has 0 spiro atoms. The smallest absolute Gasteiger partial charge is 0.242 e. The molecule has 1 aromatic heterocycles. The van der Waals surface area contributed by atoms with Crippen LogP contribution < -0.4 is 5.32 Å². The molecule has 2 aromatic rings. The maximum absolute atomic E-state index is 12.2. The van der Waals surface area contributed by atoms with Gasteiger partial charge in [0.2, 0.25) is 5.89 Å². The van der Waals surface area contributed by atoms with Gasteiger partial charge >= 0.3 is 0 Å². The lowest BCUT2D eigenvalue weighted by Gasteiger charge is -2.04. The lowest BCUT2D eigenvalue weighted by molar-refractivity contribution is 0.380. The van der Waals surface area contributed by atoms with Crippen LogP contribution in [-0.2, 0) is 22.0 Å². The summed E-state index contributed by atoms with van der Waals surface area (Å²) in [5.74, 6) is 0.247. The third kappa shape index (κ3) is 4.26. The van der Waals surface area contributed by atoms with Gasteiger partial charge in [0.1, 0.15) is 5.75 Å². The molecule has 0 amide bonds. The number of hydrogen-bond acceptors (Lipinski definition) is 6. The minimum absolute atomic E-state index is 0.0863. The minimum Gasteiger partial charge on any atom is -0.338 e. The Kier molecular flexibility index (Phi) is 4.97. The maximum Gasteiger partial charge on any atom is 0.242 e. The molecule has 0 aliphatic rings. The highest BCUT2D eigenvalue weighted by atomic mass is 35.5. The second-order valence-electron chi connectivity index (χ2n) is 4.71. The molecule has 1 atom stereocenters. The van der Waals surface area contributed by atoms with Crippen LogP contribution in [0.25, 0.3) is 0 Å². The molecule has 2 rings (SSSR count). The first-order chi connectivity index (χ1) is 9.90. The number of halogens is 1. The van der Waals surface area contributed by atoms with Crippen LogP contribution in [0.3, 0.4) is 0 Å². The standard InChI is InChI=1S/C13H16ClN3O3S/c1-9(15-2)7-12-16-13(20-17-12)8-21(18,19)11-5-3-10(14)4-6-11/h3-6,9,15H,7-8H2,1-2H3. The minimum atomic E-state index is -3.52. The van der Waals surface area contributed by atoms with E-state index in [1.54, 1.807) is 0 Å². The van der Waals surface area contributed by atoms with Gasteiger partial charge in [-0.2, -0.15) is 4.98 Å². The molecular formula is C13H16ClN3O3S. The molecule has 1 aromatic carbocycles. The van der Waals surface area contributed by atoms with Crippen LogP contribution >= 0.6 is 11.6 Å².